The summed E-state index contributed by atoms with van der Waals surface area (Å²) in [5.74, 6) is 0.287. The first-order chi connectivity index (χ1) is 12.6. The average molecular weight is 434 g/mol. The summed E-state index contributed by atoms with van der Waals surface area (Å²) in [6.45, 7) is 0.850. The second-order valence-electron chi connectivity index (χ2n) is 7.13. The molecular formula is C21H22BrClN2O. The van der Waals surface area contributed by atoms with Crippen LogP contribution < -0.4 is 5.32 Å². The Balaban J connectivity index is 1.72. The zero-order chi connectivity index (χ0) is 18.1. The van der Waals surface area contributed by atoms with Crippen molar-refractivity contribution in [3.63, 3.8) is 0 Å². The quantitative estimate of drug-likeness (QED) is 0.620. The van der Waals surface area contributed by atoms with Gasteiger partial charge in [-0.3, -0.25) is 4.79 Å². The van der Waals surface area contributed by atoms with E-state index in [1.165, 1.54) is 11.1 Å². The van der Waals surface area contributed by atoms with Crippen LogP contribution in [0.15, 0.2) is 46.9 Å². The predicted molar refractivity (Wildman–Crippen MR) is 109 cm³/mol. The minimum Gasteiger partial charge on any atom is -0.378 e. The molecular weight excluding hydrogens is 412 g/mol. The molecule has 2 aromatic carbocycles. The molecule has 2 aromatic rings. The zero-order valence-corrected chi connectivity index (χ0v) is 16.9. The fraction of sp³-hybridized carbons (Fsp3) is 0.381. The molecule has 0 spiro atoms. The molecule has 0 unspecified atom stereocenters. The third-order valence-corrected chi connectivity index (χ3v) is 6.17. The minimum absolute atomic E-state index is 0.107. The number of nitrogens with zero attached hydrogens (tertiary/aromatic N) is 1. The number of halogens is 2. The van der Waals surface area contributed by atoms with E-state index in [-0.39, 0.29) is 18.0 Å². The van der Waals surface area contributed by atoms with Gasteiger partial charge in [0.1, 0.15) is 0 Å². The van der Waals surface area contributed by atoms with Gasteiger partial charge in [-0.2, -0.15) is 0 Å². The van der Waals surface area contributed by atoms with Crippen molar-refractivity contribution in [1.29, 1.82) is 0 Å². The molecule has 0 radical (unpaired) electrons. The number of nitrogens with one attached hydrogen (secondary N) is 1. The average Bonchev–Trinajstić information content (AvgIpc) is 2.86. The smallest absolute Gasteiger partial charge is 0.223 e. The Bertz CT molecular complexity index is 808. The third-order valence-electron chi connectivity index (χ3n) is 5.42. The highest BCUT2D eigenvalue weighted by atomic mass is 79.9. The van der Waals surface area contributed by atoms with E-state index in [9.17, 15) is 4.79 Å². The summed E-state index contributed by atoms with van der Waals surface area (Å²) in [5.41, 5.74) is 3.52. The lowest BCUT2D eigenvalue weighted by Gasteiger charge is -2.40. The summed E-state index contributed by atoms with van der Waals surface area (Å²) in [6.07, 6.45) is 4.77. The summed E-state index contributed by atoms with van der Waals surface area (Å²) in [6, 6.07) is 14.6. The molecule has 26 heavy (non-hydrogen) atoms. The molecule has 136 valence electrons. The predicted octanol–water partition coefficient (Wildman–Crippen LogP) is 6.10. The molecule has 2 aliphatic rings. The number of benzene rings is 2. The van der Waals surface area contributed by atoms with E-state index in [1.54, 1.807) is 0 Å². The molecule has 5 heteroatoms. The van der Waals surface area contributed by atoms with Gasteiger partial charge in [-0.25, -0.2) is 0 Å². The zero-order valence-electron chi connectivity index (χ0n) is 14.6. The molecule has 1 fully saturated rings. The van der Waals surface area contributed by atoms with Crippen molar-refractivity contribution in [1.82, 2.24) is 4.90 Å². The highest BCUT2D eigenvalue weighted by Crippen LogP contribution is 2.43. The Morgan fingerprint density at radius 2 is 1.88 bits per heavy atom. The first kappa shape index (κ1) is 17.9. The number of hydrogen-bond donors (Lipinski definition) is 1. The number of hydrogen-bond acceptors (Lipinski definition) is 2. The van der Waals surface area contributed by atoms with Crippen LogP contribution in [0.4, 0.5) is 5.69 Å². The number of anilines is 1. The summed E-state index contributed by atoms with van der Waals surface area (Å²) in [7, 11) is 0. The number of carbonyl (C=O) groups excluding carboxylic acids is 1. The van der Waals surface area contributed by atoms with Crippen molar-refractivity contribution < 1.29 is 4.79 Å². The van der Waals surface area contributed by atoms with Crippen molar-refractivity contribution in [2.75, 3.05) is 11.9 Å². The highest BCUT2D eigenvalue weighted by Gasteiger charge is 2.34. The van der Waals surface area contributed by atoms with Crippen molar-refractivity contribution in [2.45, 2.75) is 44.2 Å². The Labute approximate surface area is 167 Å². The van der Waals surface area contributed by atoms with Crippen LogP contribution in [0, 0.1) is 0 Å². The van der Waals surface area contributed by atoms with Gasteiger partial charge in [-0.1, -0.05) is 46.1 Å². The molecule has 1 N–H and O–H groups in total. The third kappa shape index (κ3) is 3.63. The SMILES string of the molecule is O=C1CCCCCN1[C@H]1C[C@@H](c2ccc(Cl)cc2)Nc2ccc(Br)cc21. The minimum atomic E-state index is 0.107. The van der Waals surface area contributed by atoms with E-state index in [0.29, 0.717) is 6.42 Å². The van der Waals surface area contributed by atoms with Crippen LogP contribution in [-0.2, 0) is 4.79 Å². The molecule has 2 heterocycles. The first-order valence-corrected chi connectivity index (χ1v) is 10.4. The summed E-state index contributed by atoms with van der Waals surface area (Å²) < 4.78 is 1.05. The fourth-order valence-corrected chi connectivity index (χ4v) is 4.59. The van der Waals surface area contributed by atoms with E-state index in [2.05, 4.69) is 56.5 Å². The summed E-state index contributed by atoms with van der Waals surface area (Å²) in [4.78, 5) is 14.9. The second kappa shape index (κ2) is 7.61. The highest BCUT2D eigenvalue weighted by molar-refractivity contribution is 9.10. The Morgan fingerprint density at radius 3 is 2.69 bits per heavy atom. The Kier molecular flexibility index (Phi) is 5.23. The van der Waals surface area contributed by atoms with Crippen LogP contribution in [0.2, 0.25) is 5.02 Å². The molecule has 1 saturated heterocycles. The number of carbonyl (C=O) groups is 1. The van der Waals surface area contributed by atoms with Gasteiger partial charge in [0.2, 0.25) is 5.91 Å². The van der Waals surface area contributed by atoms with Crippen molar-refractivity contribution in [3.8, 4) is 0 Å². The van der Waals surface area contributed by atoms with Gasteiger partial charge in [0.05, 0.1) is 12.1 Å². The lowest BCUT2D eigenvalue weighted by Crippen LogP contribution is -2.38. The van der Waals surface area contributed by atoms with Crippen molar-refractivity contribution in [2.24, 2.45) is 0 Å². The Hall–Kier alpha value is -1.52. The molecule has 0 bridgehead atoms. The van der Waals surface area contributed by atoms with Crippen molar-refractivity contribution >= 4 is 39.1 Å². The normalized spacial score (nSPS) is 23.2. The van der Waals surface area contributed by atoms with Crippen LogP contribution in [0.25, 0.3) is 0 Å². The van der Waals surface area contributed by atoms with Crippen molar-refractivity contribution in [3.05, 3.63) is 63.1 Å². The second-order valence-corrected chi connectivity index (χ2v) is 8.48. The number of rotatable bonds is 2. The first-order valence-electron chi connectivity index (χ1n) is 9.23. The van der Waals surface area contributed by atoms with E-state index in [1.807, 2.05) is 12.1 Å². The lowest BCUT2D eigenvalue weighted by molar-refractivity contribution is -0.133. The van der Waals surface area contributed by atoms with Crippen LogP contribution in [0.3, 0.4) is 0 Å². The largest absolute Gasteiger partial charge is 0.378 e. The maximum absolute atomic E-state index is 12.8. The van der Waals surface area contributed by atoms with Gasteiger partial charge in [0, 0.05) is 28.1 Å². The molecule has 2 atom stereocenters. The summed E-state index contributed by atoms with van der Waals surface area (Å²) >= 11 is 9.65. The monoisotopic (exact) mass is 432 g/mol. The number of fused-ring (bicyclic) bond motifs is 1. The molecule has 0 saturated carbocycles. The standard InChI is InChI=1S/C21H22BrClN2O/c22-15-7-10-18-17(12-15)20(25-11-3-1-2-4-21(25)26)13-19(24-18)14-5-8-16(23)9-6-14/h5-10,12,19-20,24H,1-4,11,13H2/t19-,20-/m0/s1. The van der Waals surface area contributed by atoms with Gasteiger partial charge in [-0.15, -0.1) is 0 Å². The topological polar surface area (TPSA) is 32.3 Å². The lowest BCUT2D eigenvalue weighted by atomic mass is 9.88. The Morgan fingerprint density at radius 1 is 1.08 bits per heavy atom. The van der Waals surface area contributed by atoms with Gasteiger partial charge in [-0.05, 0) is 60.7 Å². The van der Waals surface area contributed by atoms with Gasteiger partial charge in [0.25, 0.3) is 0 Å². The van der Waals surface area contributed by atoms with Gasteiger partial charge >= 0.3 is 0 Å². The maximum Gasteiger partial charge on any atom is 0.223 e. The van der Waals surface area contributed by atoms with Gasteiger partial charge < -0.3 is 10.2 Å². The van der Waals surface area contributed by atoms with E-state index in [4.69, 9.17) is 11.6 Å². The molecule has 4 rings (SSSR count). The van der Waals surface area contributed by atoms with Crippen LogP contribution in [0.1, 0.15) is 55.3 Å². The number of amides is 1. The van der Waals surface area contributed by atoms with Crippen LogP contribution in [-0.4, -0.2) is 17.4 Å². The van der Waals surface area contributed by atoms with Gasteiger partial charge in [0.15, 0.2) is 0 Å². The fourth-order valence-electron chi connectivity index (χ4n) is 4.08. The van der Waals surface area contributed by atoms with Crippen LogP contribution >= 0.6 is 27.5 Å². The van der Waals surface area contributed by atoms with E-state index in [0.717, 1.165) is 47.4 Å². The molecule has 0 aliphatic carbocycles. The molecule has 3 nitrogen and oxygen atoms in total. The van der Waals surface area contributed by atoms with E-state index >= 15 is 0 Å². The van der Waals surface area contributed by atoms with Crippen LogP contribution in [0.5, 0.6) is 0 Å². The molecule has 1 amide bonds. The molecule has 2 aliphatic heterocycles. The summed E-state index contributed by atoms with van der Waals surface area (Å²) in [5, 5.41) is 4.40. The number of likely N-dealkylation sites (tertiary alicyclic amines) is 1. The molecule has 0 aromatic heterocycles. The van der Waals surface area contributed by atoms with E-state index < -0.39 is 0 Å². The maximum atomic E-state index is 12.8.